The van der Waals surface area contributed by atoms with E-state index in [0.717, 1.165) is 0 Å². The van der Waals surface area contributed by atoms with Crippen LogP contribution in [0.3, 0.4) is 0 Å². The first kappa shape index (κ1) is 9.99. The van der Waals surface area contributed by atoms with E-state index >= 15 is 0 Å². The lowest BCUT2D eigenvalue weighted by Crippen LogP contribution is -2.22. The van der Waals surface area contributed by atoms with E-state index < -0.39 is 5.82 Å². The summed E-state index contributed by atoms with van der Waals surface area (Å²) in [5.41, 5.74) is -0.00231. The minimum Gasteiger partial charge on any atom is -0.345 e. The van der Waals surface area contributed by atoms with Gasteiger partial charge in [-0.1, -0.05) is 11.6 Å². The average Bonchev–Trinajstić information content (AvgIpc) is 2.08. The molecule has 4 heteroatoms. The fourth-order valence-electron chi connectivity index (χ4n) is 0.902. The smallest absolute Gasteiger partial charge is 0.256 e. The zero-order valence-corrected chi connectivity index (χ0v) is 8.10. The number of amides is 1. The van der Waals surface area contributed by atoms with Crippen molar-refractivity contribution < 1.29 is 9.18 Å². The van der Waals surface area contributed by atoms with Crippen molar-refractivity contribution in [3.05, 3.63) is 34.6 Å². The van der Waals surface area contributed by atoms with Crippen molar-refractivity contribution >= 4 is 17.5 Å². The SMILES string of the molecule is CN(C)C(=O)c1cc(Cl)ccc1F. The van der Waals surface area contributed by atoms with Crippen molar-refractivity contribution in [2.75, 3.05) is 14.1 Å². The lowest BCUT2D eigenvalue weighted by Gasteiger charge is -2.10. The Morgan fingerprint density at radius 3 is 2.62 bits per heavy atom. The summed E-state index contributed by atoms with van der Waals surface area (Å²) >= 11 is 5.63. The van der Waals surface area contributed by atoms with Gasteiger partial charge in [0.25, 0.3) is 5.91 Å². The minimum atomic E-state index is -0.553. The van der Waals surface area contributed by atoms with Gasteiger partial charge in [0.05, 0.1) is 5.56 Å². The van der Waals surface area contributed by atoms with E-state index in [2.05, 4.69) is 0 Å². The standard InChI is InChI=1S/C9H9ClFNO/c1-12(2)9(13)7-5-6(10)3-4-8(7)11/h3-5H,1-2H3. The Balaban J connectivity index is 3.13. The second-order valence-electron chi connectivity index (χ2n) is 2.82. The predicted molar refractivity (Wildman–Crippen MR) is 49.4 cm³/mol. The summed E-state index contributed by atoms with van der Waals surface area (Å²) in [7, 11) is 3.12. The quantitative estimate of drug-likeness (QED) is 0.682. The Hall–Kier alpha value is -1.09. The molecule has 0 saturated carbocycles. The minimum absolute atomic E-state index is 0.00231. The van der Waals surface area contributed by atoms with Gasteiger partial charge in [-0.25, -0.2) is 4.39 Å². The average molecular weight is 202 g/mol. The van der Waals surface area contributed by atoms with E-state index in [9.17, 15) is 9.18 Å². The summed E-state index contributed by atoms with van der Waals surface area (Å²) in [6.07, 6.45) is 0. The molecule has 0 bridgehead atoms. The second kappa shape index (κ2) is 3.75. The van der Waals surface area contributed by atoms with Crippen molar-refractivity contribution in [3.8, 4) is 0 Å². The molecule has 0 radical (unpaired) electrons. The van der Waals surface area contributed by atoms with Crippen molar-refractivity contribution in [2.24, 2.45) is 0 Å². The number of carbonyl (C=O) groups excluding carboxylic acids is 1. The molecule has 0 aliphatic carbocycles. The number of halogens is 2. The molecule has 13 heavy (non-hydrogen) atoms. The Morgan fingerprint density at radius 2 is 2.08 bits per heavy atom. The van der Waals surface area contributed by atoms with Gasteiger partial charge in [0.2, 0.25) is 0 Å². The van der Waals surface area contributed by atoms with Gasteiger partial charge in [0.1, 0.15) is 5.82 Å². The summed E-state index contributed by atoms with van der Waals surface area (Å²) in [5, 5.41) is 0.353. The van der Waals surface area contributed by atoms with Gasteiger partial charge in [0.15, 0.2) is 0 Å². The van der Waals surface area contributed by atoms with Crippen LogP contribution >= 0.6 is 11.6 Å². The molecule has 1 aromatic carbocycles. The Labute approximate surface area is 80.9 Å². The Bertz CT molecular complexity index is 338. The Morgan fingerprint density at radius 1 is 1.46 bits per heavy atom. The van der Waals surface area contributed by atoms with Crippen molar-refractivity contribution in [1.82, 2.24) is 4.90 Å². The molecule has 0 fully saturated rings. The second-order valence-corrected chi connectivity index (χ2v) is 3.26. The van der Waals surface area contributed by atoms with Crippen LogP contribution in [-0.2, 0) is 0 Å². The molecule has 0 aliphatic heterocycles. The molecule has 0 aliphatic rings. The van der Waals surface area contributed by atoms with Crippen LogP contribution < -0.4 is 0 Å². The van der Waals surface area contributed by atoms with Gasteiger partial charge in [-0.3, -0.25) is 4.79 Å². The van der Waals surface area contributed by atoms with Crippen LogP contribution in [0.5, 0.6) is 0 Å². The third kappa shape index (κ3) is 2.18. The van der Waals surface area contributed by atoms with Gasteiger partial charge in [0, 0.05) is 19.1 Å². The van der Waals surface area contributed by atoms with Gasteiger partial charge in [-0.15, -0.1) is 0 Å². The molecular weight excluding hydrogens is 193 g/mol. The molecule has 0 spiro atoms. The van der Waals surface area contributed by atoms with E-state index in [4.69, 9.17) is 11.6 Å². The van der Waals surface area contributed by atoms with Gasteiger partial charge in [-0.2, -0.15) is 0 Å². The fourth-order valence-corrected chi connectivity index (χ4v) is 1.07. The number of benzene rings is 1. The highest BCUT2D eigenvalue weighted by Crippen LogP contribution is 2.15. The number of rotatable bonds is 1. The third-order valence-corrected chi connectivity index (χ3v) is 1.80. The molecule has 1 amide bonds. The summed E-state index contributed by atoms with van der Waals surface area (Å²) in [4.78, 5) is 12.6. The zero-order valence-electron chi connectivity index (χ0n) is 7.34. The van der Waals surface area contributed by atoms with Gasteiger partial charge < -0.3 is 4.90 Å². The summed E-state index contributed by atoms with van der Waals surface area (Å²) in [6, 6.07) is 3.90. The normalized spacial score (nSPS) is 9.85. The molecular formula is C9H9ClFNO. The highest BCUT2D eigenvalue weighted by molar-refractivity contribution is 6.30. The first-order valence-electron chi connectivity index (χ1n) is 3.69. The molecule has 0 atom stereocenters. The van der Waals surface area contributed by atoms with Crippen LogP contribution in [0.1, 0.15) is 10.4 Å². The van der Waals surface area contributed by atoms with Crippen LogP contribution in [0, 0.1) is 5.82 Å². The zero-order chi connectivity index (χ0) is 10.0. The van der Waals surface area contributed by atoms with Crippen LogP contribution in [0.25, 0.3) is 0 Å². The highest BCUT2D eigenvalue weighted by Gasteiger charge is 2.13. The summed E-state index contributed by atoms with van der Waals surface area (Å²) in [6.45, 7) is 0. The maximum Gasteiger partial charge on any atom is 0.256 e. The van der Waals surface area contributed by atoms with Gasteiger partial charge in [-0.05, 0) is 18.2 Å². The van der Waals surface area contributed by atoms with E-state index in [1.165, 1.54) is 23.1 Å². The molecule has 2 nitrogen and oxygen atoms in total. The molecule has 0 aromatic heterocycles. The largest absolute Gasteiger partial charge is 0.345 e. The lowest BCUT2D eigenvalue weighted by molar-refractivity contribution is 0.0823. The van der Waals surface area contributed by atoms with E-state index in [1.54, 1.807) is 14.1 Å². The highest BCUT2D eigenvalue weighted by atomic mass is 35.5. The topological polar surface area (TPSA) is 20.3 Å². The monoisotopic (exact) mass is 201 g/mol. The van der Waals surface area contributed by atoms with Crippen LogP contribution in [0.2, 0.25) is 5.02 Å². The number of nitrogens with zero attached hydrogens (tertiary/aromatic N) is 1. The Kier molecular flexibility index (Phi) is 2.88. The molecule has 0 unspecified atom stereocenters. The van der Waals surface area contributed by atoms with E-state index in [-0.39, 0.29) is 11.5 Å². The maximum absolute atomic E-state index is 13.1. The first-order valence-corrected chi connectivity index (χ1v) is 4.07. The van der Waals surface area contributed by atoms with Gasteiger partial charge >= 0.3 is 0 Å². The molecule has 0 saturated heterocycles. The fraction of sp³-hybridized carbons (Fsp3) is 0.222. The first-order chi connectivity index (χ1) is 6.02. The molecule has 1 rings (SSSR count). The number of hydrogen-bond donors (Lipinski definition) is 0. The molecule has 1 aromatic rings. The third-order valence-electron chi connectivity index (χ3n) is 1.56. The van der Waals surface area contributed by atoms with Crippen molar-refractivity contribution in [2.45, 2.75) is 0 Å². The van der Waals surface area contributed by atoms with Crippen molar-refractivity contribution in [3.63, 3.8) is 0 Å². The van der Waals surface area contributed by atoms with Crippen LogP contribution in [-0.4, -0.2) is 24.9 Å². The van der Waals surface area contributed by atoms with E-state index in [1.807, 2.05) is 0 Å². The lowest BCUT2D eigenvalue weighted by atomic mass is 10.2. The van der Waals surface area contributed by atoms with Crippen molar-refractivity contribution in [1.29, 1.82) is 0 Å². The molecule has 70 valence electrons. The number of carbonyl (C=O) groups is 1. The number of hydrogen-bond acceptors (Lipinski definition) is 1. The summed E-state index contributed by atoms with van der Waals surface area (Å²) < 4.78 is 13.1. The molecule has 0 N–H and O–H groups in total. The molecule has 0 heterocycles. The maximum atomic E-state index is 13.1. The van der Waals surface area contributed by atoms with Crippen LogP contribution in [0.15, 0.2) is 18.2 Å². The van der Waals surface area contributed by atoms with E-state index in [0.29, 0.717) is 5.02 Å². The predicted octanol–water partition coefficient (Wildman–Crippen LogP) is 2.18. The van der Waals surface area contributed by atoms with Crippen LogP contribution in [0.4, 0.5) is 4.39 Å². The summed E-state index contributed by atoms with van der Waals surface area (Å²) in [5.74, 6) is -0.942.